The molecule has 0 bridgehead atoms. The summed E-state index contributed by atoms with van der Waals surface area (Å²) in [6.07, 6.45) is 4.94. The molecule has 0 unspecified atom stereocenters. The lowest BCUT2D eigenvalue weighted by molar-refractivity contribution is -0.119. The summed E-state index contributed by atoms with van der Waals surface area (Å²) < 4.78 is 2.26. The Balaban J connectivity index is 1.82. The van der Waals surface area contributed by atoms with Gasteiger partial charge in [0.1, 0.15) is 5.82 Å². The molecule has 1 aromatic heterocycles. The Morgan fingerprint density at radius 2 is 2.12 bits per heavy atom. The summed E-state index contributed by atoms with van der Waals surface area (Å²) in [5.41, 5.74) is 0. The lowest BCUT2D eigenvalue weighted by Crippen LogP contribution is -2.21. The van der Waals surface area contributed by atoms with Crippen LogP contribution in [0.15, 0.2) is 0 Å². The van der Waals surface area contributed by atoms with Gasteiger partial charge in [-0.25, -0.2) is 0 Å². The maximum Gasteiger partial charge on any atom is 0.217 e. The van der Waals surface area contributed by atoms with Crippen molar-refractivity contribution in [3.05, 3.63) is 11.6 Å². The van der Waals surface area contributed by atoms with Crippen molar-refractivity contribution >= 4 is 5.91 Å². The molecule has 0 aromatic carbocycles. The smallest absolute Gasteiger partial charge is 0.217 e. The van der Waals surface area contributed by atoms with Crippen LogP contribution in [0.5, 0.6) is 0 Å². The number of hydrogen-bond acceptors (Lipinski definition) is 3. The molecule has 1 amide bonds. The van der Waals surface area contributed by atoms with Crippen LogP contribution in [0.25, 0.3) is 0 Å². The molecule has 1 N–H and O–H groups in total. The van der Waals surface area contributed by atoms with E-state index >= 15 is 0 Å². The van der Waals surface area contributed by atoms with E-state index in [-0.39, 0.29) is 5.91 Å². The van der Waals surface area contributed by atoms with Gasteiger partial charge in [-0.05, 0) is 25.7 Å². The molecule has 2 aliphatic rings. The second kappa shape index (κ2) is 3.57. The molecule has 5 heteroatoms. The third-order valence-corrected chi connectivity index (χ3v) is 3.14. The number of amides is 1. The zero-order valence-corrected chi connectivity index (χ0v) is 9.44. The van der Waals surface area contributed by atoms with E-state index < -0.39 is 0 Å². The molecular weight excluding hydrogens is 204 g/mol. The number of carbonyl (C=O) groups is 1. The summed E-state index contributed by atoms with van der Waals surface area (Å²) in [6, 6.07) is 0.592. The molecule has 2 saturated carbocycles. The van der Waals surface area contributed by atoms with Crippen LogP contribution in [-0.4, -0.2) is 20.7 Å². The zero-order chi connectivity index (χ0) is 11.1. The van der Waals surface area contributed by atoms with E-state index in [1.165, 1.54) is 32.6 Å². The van der Waals surface area contributed by atoms with Crippen molar-refractivity contribution in [2.75, 3.05) is 0 Å². The molecule has 86 valence electrons. The maximum absolute atomic E-state index is 10.9. The summed E-state index contributed by atoms with van der Waals surface area (Å²) in [7, 11) is 0. The van der Waals surface area contributed by atoms with Gasteiger partial charge in [0.05, 0.1) is 6.54 Å². The van der Waals surface area contributed by atoms with Crippen LogP contribution in [0.3, 0.4) is 0 Å². The highest BCUT2D eigenvalue weighted by Gasteiger charge is 2.36. The largest absolute Gasteiger partial charge is 0.349 e. The molecule has 0 saturated heterocycles. The lowest BCUT2D eigenvalue weighted by Gasteiger charge is -2.08. The molecule has 2 aliphatic carbocycles. The van der Waals surface area contributed by atoms with Crippen LogP contribution in [-0.2, 0) is 11.3 Å². The molecular formula is C11H16N4O. The SMILES string of the molecule is CC(=O)NCc1nnc(C2CC2)n1C1CC1. The third kappa shape index (κ3) is 1.81. The Hall–Kier alpha value is -1.39. The highest BCUT2D eigenvalue weighted by Crippen LogP contribution is 2.44. The molecule has 0 atom stereocenters. The van der Waals surface area contributed by atoms with Gasteiger partial charge >= 0.3 is 0 Å². The fourth-order valence-electron chi connectivity index (χ4n) is 2.01. The first-order valence-electron chi connectivity index (χ1n) is 5.94. The number of rotatable bonds is 4. The number of aromatic nitrogens is 3. The fraction of sp³-hybridized carbons (Fsp3) is 0.727. The molecule has 1 heterocycles. The summed E-state index contributed by atoms with van der Waals surface area (Å²) in [5, 5.41) is 11.3. The lowest BCUT2D eigenvalue weighted by atomic mass is 10.4. The van der Waals surface area contributed by atoms with Crippen molar-refractivity contribution in [1.29, 1.82) is 0 Å². The van der Waals surface area contributed by atoms with Crippen LogP contribution in [0.2, 0.25) is 0 Å². The summed E-state index contributed by atoms with van der Waals surface area (Å²) >= 11 is 0. The summed E-state index contributed by atoms with van der Waals surface area (Å²) in [4.78, 5) is 10.9. The van der Waals surface area contributed by atoms with Gasteiger partial charge in [-0.1, -0.05) is 0 Å². The van der Waals surface area contributed by atoms with Gasteiger partial charge in [-0.3, -0.25) is 4.79 Å². The van der Waals surface area contributed by atoms with Crippen molar-refractivity contribution < 1.29 is 4.79 Å². The van der Waals surface area contributed by atoms with Crippen molar-refractivity contribution in [1.82, 2.24) is 20.1 Å². The Morgan fingerprint density at radius 3 is 2.69 bits per heavy atom. The van der Waals surface area contributed by atoms with E-state index in [1.807, 2.05) is 0 Å². The average Bonchev–Trinajstić information content (AvgIpc) is 3.13. The molecule has 2 fully saturated rings. The predicted molar refractivity (Wildman–Crippen MR) is 57.8 cm³/mol. The van der Waals surface area contributed by atoms with Gasteiger partial charge in [0.2, 0.25) is 5.91 Å². The Kier molecular flexibility index (Phi) is 2.19. The Labute approximate surface area is 94.2 Å². The number of nitrogens with zero attached hydrogens (tertiary/aromatic N) is 3. The van der Waals surface area contributed by atoms with Gasteiger partial charge in [0.15, 0.2) is 5.82 Å². The number of nitrogens with one attached hydrogen (secondary N) is 1. The van der Waals surface area contributed by atoms with E-state index in [0.29, 0.717) is 18.5 Å². The third-order valence-electron chi connectivity index (χ3n) is 3.14. The zero-order valence-electron chi connectivity index (χ0n) is 9.44. The highest BCUT2D eigenvalue weighted by molar-refractivity contribution is 5.72. The molecule has 3 rings (SSSR count). The molecule has 0 spiro atoms. The van der Waals surface area contributed by atoms with Crippen LogP contribution >= 0.6 is 0 Å². The quantitative estimate of drug-likeness (QED) is 0.827. The second-order valence-electron chi connectivity index (χ2n) is 4.76. The molecule has 0 radical (unpaired) electrons. The van der Waals surface area contributed by atoms with E-state index in [4.69, 9.17) is 0 Å². The predicted octanol–water partition coefficient (Wildman–Crippen LogP) is 1.13. The van der Waals surface area contributed by atoms with Gasteiger partial charge < -0.3 is 9.88 Å². The van der Waals surface area contributed by atoms with Crippen LogP contribution in [0.4, 0.5) is 0 Å². The number of hydrogen-bond donors (Lipinski definition) is 1. The van der Waals surface area contributed by atoms with Crippen LogP contribution in [0, 0.1) is 0 Å². The van der Waals surface area contributed by atoms with Crippen molar-refractivity contribution in [2.45, 2.75) is 51.1 Å². The van der Waals surface area contributed by atoms with Crippen LogP contribution < -0.4 is 5.32 Å². The topological polar surface area (TPSA) is 59.8 Å². The van der Waals surface area contributed by atoms with Crippen molar-refractivity contribution in [3.8, 4) is 0 Å². The van der Waals surface area contributed by atoms with Gasteiger partial charge in [-0.15, -0.1) is 10.2 Å². The van der Waals surface area contributed by atoms with Gasteiger partial charge in [0, 0.05) is 18.9 Å². The van der Waals surface area contributed by atoms with E-state index in [1.54, 1.807) is 0 Å². The fourth-order valence-corrected chi connectivity index (χ4v) is 2.01. The van der Waals surface area contributed by atoms with E-state index in [0.717, 1.165) is 11.6 Å². The summed E-state index contributed by atoms with van der Waals surface area (Å²) in [5.74, 6) is 2.67. The second-order valence-corrected chi connectivity index (χ2v) is 4.76. The normalized spacial score (nSPS) is 19.8. The Morgan fingerprint density at radius 1 is 1.38 bits per heavy atom. The van der Waals surface area contributed by atoms with Crippen LogP contribution in [0.1, 0.15) is 56.2 Å². The Bertz CT molecular complexity index is 418. The van der Waals surface area contributed by atoms with Crippen molar-refractivity contribution in [3.63, 3.8) is 0 Å². The number of carbonyl (C=O) groups excluding carboxylic acids is 1. The average molecular weight is 220 g/mol. The molecule has 0 aliphatic heterocycles. The first-order chi connectivity index (χ1) is 7.75. The first-order valence-corrected chi connectivity index (χ1v) is 5.94. The minimum Gasteiger partial charge on any atom is -0.349 e. The molecule has 1 aromatic rings. The molecule has 5 nitrogen and oxygen atoms in total. The monoisotopic (exact) mass is 220 g/mol. The van der Waals surface area contributed by atoms with Gasteiger partial charge in [-0.2, -0.15) is 0 Å². The minimum absolute atomic E-state index is 0.0154. The highest BCUT2D eigenvalue weighted by atomic mass is 16.1. The molecule has 16 heavy (non-hydrogen) atoms. The first kappa shape index (κ1) is 9.81. The summed E-state index contributed by atoms with van der Waals surface area (Å²) in [6.45, 7) is 2.03. The minimum atomic E-state index is -0.0154. The van der Waals surface area contributed by atoms with Gasteiger partial charge in [0.25, 0.3) is 0 Å². The van der Waals surface area contributed by atoms with E-state index in [9.17, 15) is 4.79 Å². The van der Waals surface area contributed by atoms with E-state index in [2.05, 4.69) is 20.1 Å². The standard InChI is InChI=1S/C11H16N4O/c1-7(16)12-6-10-13-14-11(8-2-3-8)15(10)9-4-5-9/h8-9H,2-6H2,1H3,(H,12,16). The maximum atomic E-state index is 10.9. The van der Waals surface area contributed by atoms with Crippen molar-refractivity contribution in [2.24, 2.45) is 0 Å².